The first-order chi connectivity index (χ1) is 8.54. The molecule has 0 aromatic heterocycles. The normalized spacial score (nSPS) is 16.8. The zero-order valence-corrected chi connectivity index (χ0v) is 11.1. The van der Waals surface area contributed by atoms with Crippen LogP contribution in [-0.2, 0) is 25.6 Å². The smallest absolute Gasteiger partial charge is 0.264 e. The van der Waals surface area contributed by atoms with Crippen molar-refractivity contribution in [2.24, 2.45) is 0 Å². The molecule has 1 saturated heterocycles. The van der Waals surface area contributed by atoms with E-state index in [1.54, 1.807) is 0 Å². The molecule has 1 aromatic carbocycles. The van der Waals surface area contributed by atoms with Gasteiger partial charge in [0.25, 0.3) is 10.1 Å². The number of ether oxygens (including phenoxy) is 1. The zero-order valence-electron chi connectivity index (χ0n) is 10.3. The van der Waals surface area contributed by atoms with Crippen molar-refractivity contribution >= 4 is 15.8 Å². The second-order valence-electron chi connectivity index (χ2n) is 4.23. The minimum absolute atomic E-state index is 0.0855. The molecule has 0 spiro atoms. The Bertz CT molecular complexity index is 477. The first-order valence-electron chi connectivity index (χ1n) is 5.81. The molecule has 5 nitrogen and oxygen atoms in total. The van der Waals surface area contributed by atoms with Crippen LogP contribution in [0.5, 0.6) is 0 Å². The molecule has 0 N–H and O–H groups in total. The molecule has 1 aliphatic heterocycles. The van der Waals surface area contributed by atoms with Crippen molar-refractivity contribution in [2.45, 2.75) is 6.61 Å². The van der Waals surface area contributed by atoms with Gasteiger partial charge in [0.15, 0.2) is 0 Å². The summed E-state index contributed by atoms with van der Waals surface area (Å²) in [5.74, 6) is 0. The van der Waals surface area contributed by atoms with Crippen LogP contribution in [0.25, 0.3) is 0 Å². The van der Waals surface area contributed by atoms with Gasteiger partial charge in [0.1, 0.15) is 0 Å². The number of hydrogen-bond acceptors (Lipinski definition) is 5. The Kier molecular flexibility index (Phi) is 4.21. The maximum Gasteiger partial charge on any atom is 0.264 e. The Morgan fingerprint density at radius 3 is 2.39 bits per heavy atom. The van der Waals surface area contributed by atoms with Crippen molar-refractivity contribution in [3.8, 4) is 0 Å². The topological polar surface area (TPSA) is 55.8 Å². The molecule has 1 fully saturated rings. The van der Waals surface area contributed by atoms with Crippen molar-refractivity contribution in [1.29, 1.82) is 0 Å². The van der Waals surface area contributed by atoms with Crippen LogP contribution in [0.2, 0.25) is 0 Å². The number of nitrogens with zero attached hydrogens (tertiary/aromatic N) is 1. The van der Waals surface area contributed by atoms with Crippen molar-refractivity contribution in [3.05, 3.63) is 29.8 Å². The van der Waals surface area contributed by atoms with Crippen LogP contribution >= 0.6 is 0 Å². The first kappa shape index (κ1) is 13.3. The maximum atomic E-state index is 10.9. The molecule has 1 aromatic rings. The van der Waals surface area contributed by atoms with Crippen LogP contribution < -0.4 is 4.90 Å². The second kappa shape index (κ2) is 5.69. The van der Waals surface area contributed by atoms with E-state index in [9.17, 15) is 8.42 Å². The molecule has 0 aliphatic carbocycles. The van der Waals surface area contributed by atoms with Crippen LogP contribution in [0, 0.1) is 0 Å². The largest absolute Gasteiger partial charge is 0.378 e. The van der Waals surface area contributed by atoms with Gasteiger partial charge in [-0.3, -0.25) is 4.18 Å². The molecule has 0 amide bonds. The third-order valence-electron chi connectivity index (χ3n) is 2.75. The van der Waals surface area contributed by atoms with Crippen LogP contribution in [0.4, 0.5) is 5.69 Å². The second-order valence-corrected chi connectivity index (χ2v) is 5.88. The molecule has 2 rings (SSSR count). The lowest BCUT2D eigenvalue weighted by molar-refractivity contribution is 0.122. The Balaban J connectivity index is 1.96. The van der Waals surface area contributed by atoms with Crippen molar-refractivity contribution in [2.75, 3.05) is 37.5 Å². The van der Waals surface area contributed by atoms with Gasteiger partial charge in [0.2, 0.25) is 0 Å². The van der Waals surface area contributed by atoms with Gasteiger partial charge in [-0.25, -0.2) is 0 Å². The number of anilines is 1. The summed E-state index contributed by atoms with van der Waals surface area (Å²) in [5.41, 5.74) is 1.97. The Morgan fingerprint density at radius 1 is 1.22 bits per heavy atom. The third kappa shape index (κ3) is 3.97. The Hall–Kier alpha value is -1.11. The van der Waals surface area contributed by atoms with E-state index < -0.39 is 10.1 Å². The summed E-state index contributed by atoms with van der Waals surface area (Å²) >= 11 is 0. The molecule has 100 valence electrons. The summed E-state index contributed by atoms with van der Waals surface area (Å²) in [6.45, 7) is 3.36. The number of hydrogen-bond donors (Lipinski definition) is 0. The Morgan fingerprint density at radius 2 is 1.83 bits per heavy atom. The van der Waals surface area contributed by atoms with Gasteiger partial charge in [0, 0.05) is 18.8 Å². The molecule has 6 heteroatoms. The van der Waals surface area contributed by atoms with Gasteiger partial charge in [0.05, 0.1) is 26.1 Å². The van der Waals surface area contributed by atoms with E-state index in [0.717, 1.165) is 43.8 Å². The molecule has 1 aliphatic rings. The maximum absolute atomic E-state index is 10.9. The SMILES string of the molecule is CS(=O)(=O)OCc1ccc(N2CCOCC2)cc1. The summed E-state index contributed by atoms with van der Waals surface area (Å²) in [5, 5.41) is 0. The standard InChI is InChI=1S/C12H17NO4S/c1-18(14,15)17-10-11-2-4-12(5-3-11)13-6-8-16-9-7-13/h2-5H,6-10H2,1H3. The summed E-state index contributed by atoms with van der Waals surface area (Å²) in [7, 11) is -3.38. The molecular weight excluding hydrogens is 254 g/mol. The number of rotatable bonds is 4. The van der Waals surface area contributed by atoms with E-state index in [4.69, 9.17) is 8.92 Å². The fourth-order valence-corrected chi connectivity index (χ4v) is 2.15. The van der Waals surface area contributed by atoms with Gasteiger partial charge in [-0.05, 0) is 17.7 Å². The number of benzene rings is 1. The lowest BCUT2D eigenvalue weighted by Crippen LogP contribution is -2.36. The van der Waals surface area contributed by atoms with E-state index in [1.807, 2.05) is 24.3 Å². The van der Waals surface area contributed by atoms with Crippen LogP contribution in [0.1, 0.15) is 5.56 Å². The fraction of sp³-hybridized carbons (Fsp3) is 0.500. The van der Waals surface area contributed by atoms with Crippen molar-refractivity contribution < 1.29 is 17.3 Å². The molecule has 0 saturated carbocycles. The van der Waals surface area contributed by atoms with E-state index in [2.05, 4.69) is 4.90 Å². The average Bonchev–Trinajstić information content (AvgIpc) is 2.37. The van der Waals surface area contributed by atoms with E-state index in [1.165, 1.54) is 0 Å². The average molecular weight is 271 g/mol. The predicted octanol–water partition coefficient (Wildman–Crippen LogP) is 0.999. The van der Waals surface area contributed by atoms with Crippen LogP contribution in [-0.4, -0.2) is 41.0 Å². The summed E-state index contributed by atoms with van der Waals surface area (Å²) in [4.78, 5) is 2.24. The van der Waals surface area contributed by atoms with E-state index >= 15 is 0 Å². The van der Waals surface area contributed by atoms with Crippen LogP contribution in [0.3, 0.4) is 0 Å². The highest BCUT2D eigenvalue weighted by Gasteiger charge is 2.11. The van der Waals surface area contributed by atoms with E-state index in [0.29, 0.717) is 0 Å². The fourth-order valence-electron chi connectivity index (χ4n) is 1.80. The Labute approximate surface area is 107 Å². The predicted molar refractivity (Wildman–Crippen MR) is 69.1 cm³/mol. The van der Waals surface area contributed by atoms with Gasteiger partial charge in [-0.2, -0.15) is 8.42 Å². The van der Waals surface area contributed by atoms with E-state index in [-0.39, 0.29) is 6.61 Å². The zero-order chi connectivity index (χ0) is 13.0. The number of morpholine rings is 1. The molecule has 18 heavy (non-hydrogen) atoms. The monoisotopic (exact) mass is 271 g/mol. The first-order valence-corrected chi connectivity index (χ1v) is 7.62. The van der Waals surface area contributed by atoms with Gasteiger partial charge >= 0.3 is 0 Å². The molecular formula is C12H17NO4S. The van der Waals surface area contributed by atoms with Gasteiger partial charge < -0.3 is 9.64 Å². The molecule has 0 bridgehead atoms. The van der Waals surface area contributed by atoms with Crippen molar-refractivity contribution in [1.82, 2.24) is 0 Å². The minimum atomic E-state index is -3.38. The summed E-state index contributed by atoms with van der Waals surface area (Å²) in [6.07, 6.45) is 1.05. The molecule has 1 heterocycles. The summed E-state index contributed by atoms with van der Waals surface area (Å²) in [6, 6.07) is 7.73. The van der Waals surface area contributed by atoms with Crippen molar-refractivity contribution in [3.63, 3.8) is 0 Å². The lowest BCUT2D eigenvalue weighted by atomic mass is 10.2. The lowest BCUT2D eigenvalue weighted by Gasteiger charge is -2.28. The van der Waals surface area contributed by atoms with Gasteiger partial charge in [-0.1, -0.05) is 12.1 Å². The molecule has 0 atom stereocenters. The highest BCUT2D eigenvalue weighted by molar-refractivity contribution is 7.85. The minimum Gasteiger partial charge on any atom is -0.378 e. The highest BCUT2D eigenvalue weighted by atomic mass is 32.2. The molecule has 0 radical (unpaired) electrons. The van der Waals surface area contributed by atoms with Gasteiger partial charge in [-0.15, -0.1) is 0 Å². The third-order valence-corrected chi connectivity index (χ3v) is 3.30. The summed E-state index contributed by atoms with van der Waals surface area (Å²) < 4.78 is 31.8. The quantitative estimate of drug-likeness (QED) is 0.765. The van der Waals surface area contributed by atoms with Crippen LogP contribution in [0.15, 0.2) is 24.3 Å². The highest BCUT2D eigenvalue weighted by Crippen LogP contribution is 2.17. The molecule has 0 unspecified atom stereocenters.